The molecule has 0 saturated heterocycles. The Balaban J connectivity index is 4.04. The van der Waals surface area contributed by atoms with Crippen molar-refractivity contribution in [3.05, 3.63) is 24.3 Å². The van der Waals surface area contributed by atoms with E-state index in [2.05, 4.69) is 45.1 Å². The van der Waals surface area contributed by atoms with Crippen LogP contribution in [0.4, 0.5) is 0 Å². The van der Waals surface area contributed by atoms with Crippen LogP contribution in [0.15, 0.2) is 24.3 Å². The first-order chi connectivity index (χ1) is 36.0. The van der Waals surface area contributed by atoms with Crippen LogP contribution < -0.4 is 0 Å². The Hall–Kier alpha value is -2.11. The van der Waals surface area contributed by atoms with Crippen LogP contribution in [0.25, 0.3) is 0 Å². The van der Waals surface area contributed by atoms with E-state index in [0.717, 1.165) is 64.2 Å². The minimum atomic E-state index is -0.764. The summed E-state index contributed by atoms with van der Waals surface area (Å²) >= 11 is 0. The van der Waals surface area contributed by atoms with E-state index >= 15 is 0 Å². The molecule has 0 fully saturated rings. The topological polar surface area (TPSA) is 78.9 Å². The Morgan fingerprint density at radius 1 is 0.274 bits per heavy atom. The van der Waals surface area contributed by atoms with E-state index < -0.39 is 6.10 Å². The fourth-order valence-corrected chi connectivity index (χ4v) is 10.0. The van der Waals surface area contributed by atoms with Gasteiger partial charge in [0.25, 0.3) is 0 Å². The standard InChI is InChI=1S/C67H126O6/c1-4-7-10-13-16-19-22-25-26-27-28-29-30-31-32-33-34-35-36-37-38-39-40-41-42-43-46-48-51-54-57-60-66(69)72-63-64(73-67(70)61-58-55-52-49-45-24-21-18-15-12-9-6-3)62-71-65(68)59-56-53-50-47-44-23-20-17-14-11-8-5-2/h22,25,27-28,64H,4-21,23-24,26,29-63H2,1-3H3/b25-22-,28-27-. The third-order valence-corrected chi connectivity index (χ3v) is 15.0. The molecule has 0 aliphatic heterocycles. The summed E-state index contributed by atoms with van der Waals surface area (Å²) in [6.07, 6.45) is 74.9. The van der Waals surface area contributed by atoms with Crippen molar-refractivity contribution in [1.82, 2.24) is 0 Å². The third-order valence-electron chi connectivity index (χ3n) is 15.0. The molecule has 0 bridgehead atoms. The molecule has 0 heterocycles. The SMILES string of the molecule is CCCCCCC/C=C\C/C=C\CCCCCCCCCCCCCCCCCCCCCC(=O)OCC(COC(=O)CCCCCCCCCCCCCC)OC(=O)CCCCCCCCCCCCCC. The number of rotatable bonds is 61. The minimum absolute atomic E-state index is 0.0637. The van der Waals surface area contributed by atoms with Gasteiger partial charge in [-0.15, -0.1) is 0 Å². The first-order valence-corrected chi connectivity index (χ1v) is 32.8. The third kappa shape index (κ3) is 60.6. The molecule has 0 aromatic heterocycles. The maximum absolute atomic E-state index is 12.8. The second-order valence-electron chi connectivity index (χ2n) is 22.4. The van der Waals surface area contributed by atoms with Crippen LogP contribution in [0.3, 0.4) is 0 Å². The summed E-state index contributed by atoms with van der Waals surface area (Å²) in [6, 6.07) is 0. The van der Waals surface area contributed by atoms with Gasteiger partial charge in [0, 0.05) is 19.3 Å². The first kappa shape index (κ1) is 70.9. The molecule has 6 nitrogen and oxygen atoms in total. The average molecular weight is 1030 g/mol. The van der Waals surface area contributed by atoms with Gasteiger partial charge < -0.3 is 14.2 Å². The van der Waals surface area contributed by atoms with E-state index in [9.17, 15) is 14.4 Å². The van der Waals surface area contributed by atoms with Crippen LogP contribution in [0, 0.1) is 0 Å². The smallest absolute Gasteiger partial charge is 0.306 e. The van der Waals surface area contributed by atoms with Crippen LogP contribution in [0.2, 0.25) is 0 Å². The highest BCUT2D eigenvalue weighted by Gasteiger charge is 2.19. The molecule has 0 aromatic carbocycles. The zero-order valence-electron chi connectivity index (χ0n) is 49.4. The van der Waals surface area contributed by atoms with Gasteiger partial charge in [-0.05, 0) is 51.4 Å². The van der Waals surface area contributed by atoms with Gasteiger partial charge in [0.1, 0.15) is 13.2 Å². The molecule has 1 atom stereocenters. The largest absolute Gasteiger partial charge is 0.462 e. The van der Waals surface area contributed by atoms with Gasteiger partial charge in [-0.1, -0.05) is 321 Å². The van der Waals surface area contributed by atoms with Crippen molar-refractivity contribution in [2.75, 3.05) is 13.2 Å². The van der Waals surface area contributed by atoms with Crippen molar-refractivity contribution in [3.63, 3.8) is 0 Å². The summed E-state index contributed by atoms with van der Waals surface area (Å²) in [4.78, 5) is 38.2. The van der Waals surface area contributed by atoms with Crippen LogP contribution in [-0.4, -0.2) is 37.2 Å². The summed E-state index contributed by atoms with van der Waals surface area (Å²) in [5.74, 6) is -0.838. The van der Waals surface area contributed by atoms with E-state index in [4.69, 9.17) is 14.2 Å². The zero-order chi connectivity index (χ0) is 52.9. The molecular weight excluding hydrogens is 901 g/mol. The summed E-state index contributed by atoms with van der Waals surface area (Å²) in [5.41, 5.74) is 0. The molecule has 0 radical (unpaired) electrons. The number of allylic oxidation sites excluding steroid dienone is 4. The first-order valence-electron chi connectivity index (χ1n) is 32.8. The fraction of sp³-hybridized carbons (Fsp3) is 0.896. The number of carbonyl (C=O) groups excluding carboxylic acids is 3. The van der Waals surface area contributed by atoms with Crippen LogP contribution in [0.1, 0.15) is 367 Å². The normalized spacial score (nSPS) is 12.1. The molecule has 0 spiro atoms. The van der Waals surface area contributed by atoms with Gasteiger partial charge in [-0.25, -0.2) is 0 Å². The number of hydrogen-bond donors (Lipinski definition) is 0. The summed E-state index contributed by atoms with van der Waals surface area (Å²) in [7, 11) is 0. The monoisotopic (exact) mass is 1030 g/mol. The molecule has 0 aromatic rings. The molecule has 0 N–H and O–H groups in total. The van der Waals surface area contributed by atoms with E-state index in [1.54, 1.807) is 0 Å². The number of ether oxygens (including phenoxy) is 3. The van der Waals surface area contributed by atoms with Crippen molar-refractivity contribution in [2.45, 2.75) is 374 Å². The lowest BCUT2D eigenvalue weighted by Gasteiger charge is -2.18. The van der Waals surface area contributed by atoms with Crippen molar-refractivity contribution in [2.24, 2.45) is 0 Å². The van der Waals surface area contributed by atoms with Crippen LogP contribution in [-0.2, 0) is 28.6 Å². The quantitative estimate of drug-likeness (QED) is 0.0261. The highest BCUT2D eigenvalue weighted by atomic mass is 16.6. The molecule has 430 valence electrons. The molecule has 0 amide bonds. The van der Waals surface area contributed by atoms with E-state index in [1.807, 2.05) is 0 Å². The highest BCUT2D eigenvalue weighted by molar-refractivity contribution is 5.71. The minimum Gasteiger partial charge on any atom is -0.462 e. The van der Waals surface area contributed by atoms with Gasteiger partial charge >= 0.3 is 17.9 Å². The molecule has 6 heteroatoms. The summed E-state index contributed by atoms with van der Waals surface area (Å²) < 4.78 is 16.9. The van der Waals surface area contributed by atoms with E-state index in [-0.39, 0.29) is 31.1 Å². The number of carbonyl (C=O) groups is 3. The van der Waals surface area contributed by atoms with Crippen molar-refractivity contribution < 1.29 is 28.6 Å². The average Bonchev–Trinajstić information content (AvgIpc) is 3.39. The Labute approximate surface area is 455 Å². The van der Waals surface area contributed by atoms with Crippen LogP contribution >= 0.6 is 0 Å². The molecule has 0 aliphatic carbocycles. The Morgan fingerprint density at radius 2 is 0.493 bits per heavy atom. The molecule has 1 unspecified atom stereocenters. The molecule has 0 saturated carbocycles. The molecule has 0 rings (SSSR count). The van der Waals surface area contributed by atoms with Gasteiger partial charge in [-0.3, -0.25) is 14.4 Å². The highest BCUT2D eigenvalue weighted by Crippen LogP contribution is 2.18. The van der Waals surface area contributed by atoms with Gasteiger partial charge in [0.2, 0.25) is 0 Å². The lowest BCUT2D eigenvalue weighted by atomic mass is 10.0. The Bertz CT molecular complexity index is 1180. The van der Waals surface area contributed by atoms with Gasteiger partial charge in [0.15, 0.2) is 6.10 Å². The molecule has 0 aliphatic rings. The van der Waals surface area contributed by atoms with Gasteiger partial charge in [-0.2, -0.15) is 0 Å². The van der Waals surface area contributed by atoms with Crippen molar-refractivity contribution in [3.8, 4) is 0 Å². The maximum Gasteiger partial charge on any atom is 0.306 e. The van der Waals surface area contributed by atoms with E-state index in [1.165, 1.54) is 263 Å². The second kappa shape index (κ2) is 62.4. The number of esters is 3. The van der Waals surface area contributed by atoms with Gasteiger partial charge in [0.05, 0.1) is 0 Å². The number of unbranched alkanes of at least 4 members (excludes halogenated alkanes) is 46. The second-order valence-corrected chi connectivity index (χ2v) is 22.4. The molecule has 73 heavy (non-hydrogen) atoms. The molecular formula is C67H126O6. The maximum atomic E-state index is 12.8. The fourth-order valence-electron chi connectivity index (χ4n) is 10.0. The summed E-state index contributed by atoms with van der Waals surface area (Å²) in [6.45, 7) is 6.68. The van der Waals surface area contributed by atoms with Crippen molar-refractivity contribution in [1.29, 1.82) is 0 Å². The number of hydrogen-bond acceptors (Lipinski definition) is 6. The van der Waals surface area contributed by atoms with Crippen LogP contribution in [0.5, 0.6) is 0 Å². The summed E-state index contributed by atoms with van der Waals surface area (Å²) in [5, 5.41) is 0. The lowest BCUT2D eigenvalue weighted by Crippen LogP contribution is -2.30. The Morgan fingerprint density at radius 3 is 0.753 bits per heavy atom. The van der Waals surface area contributed by atoms with Crippen molar-refractivity contribution >= 4 is 17.9 Å². The Kier molecular flexibility index (Phi) is 60.6. The predicted octanol–water partition coefficient (Wildman–Crippen LogP) is 22.2. The lowest BCUT2D eigenvalue weighted by molar-refractivity contribution is -0.167. The zero-order valence-corrected chi connectivity index (χ0v) is 49.4. The predicted molar refractivity (Wildman–Crippen MR) is 316 cm³/mol. The van der Waals surface area contributed by atoms with E-state index in [0.29, 0.717) is 19.3 Å².